The number of primary amides is 1. The molecule has 0 saturated carbocycles. The molecule has 3 N–H and O–H groups in total. The summed E-state index contributed by atoms with van der Waals surface area (Å²) in [6, 6.07) is 8.97. The van der Waals surface area contributed by atoms with Gasteiger partial charge in [-0.1, -0.05) is 18.2 Å². The fourth-order valence-electron chi connectivity index (χ4n) is 0.968. The van der Waals surface area contributed by atoms with Crippen molar-refractivity contribution in [3.8, 4) is 0 Å². The molecule has 2 amide bonds. The third-order valence-electron chi connectivity index (χ3n) is 1.78. The number of benzene rings is 1. The maximum Gasteiger partial charge on any atom is 0.248 e. The summed E-state index contributed by atoms with van der Waals surface area (Å²) in [5.41, 5.74) is 5.89. The van der Waals surface area contributed by atoms with Crippen molar-refractivity contribution in [2.24, 2.45) is 5.73 Å². The molecule has 1 rings (SSSR count). The van der Waals surface area contributed by atoms with Crippen LogP contribution in [0.3, 0.4) is 0 Å². The van der Waals surface area contributed by atoms with Crippen LogP contribution in [0.5, 0.6) is 0 Å². The maximum atomic E-state index is 11.3. The first-order valence-electron chi connectivity index (χ1n) is 4.43. The zero-order valence-electron chi connectivity index (χ0n) is 8.36. The van der Waals surface area contributed by atoms with Crippen LogP contribution >= 0.6 is 0 Å². The molecule has 1 aromatic rings. The minimum atomic E-state index is -0.599. The minimum Gasteiger partial charge on any atom is -0.366 e. The molecule has 0 saturated heterocycles. The summed E-state index contributed by atoms with van der Waals surface area (Å²) >= 11 is 0. The van der Waals surface area contributed by atoms with Crippen LogP contribution in [0, 0.1) is 0 Å². The van der Waals surface area contributed by atoms with Gasteiger partial charge in [-0.25, -0.2) is 0 Å². The summed E-state index contributed by atoms with van der Waals surface area (Å²) in [6.07, 6.45) is 1.18. The number of hydrogen-bond acceptors (Lipinski definition) is 2. The molecule has 0 aliphatic rings. The van der Waals surface area contributed by atoms with E-state index in [4.69, 9.17) is 5.73 Å². The highest BCUT2D eigenvalue weighted by atomic mass is 16.2. The van der Waals surface area contributed by atoms with E-state index in [1.165, 1.54) is 13.0 Å². The van der Waals surface area contributed by atoms with E-state index < -0.39 is 5.91 Å². The topological polar surface area (TPSA) is 72.2 Å². The van der Waals surface area contributed by atoms with Gasteiger partial charge in [-0.2, -0.15) is 0 Å². The van der Waals surface area contributed by atoms with Gasteiger partial charge in [0.2, 0.25) is 11.8 Å². The SMILES string of the molecule is C/C(=C/C(=O)Nc1ccccc1)C(N)=O. The summed E-state index contributed by atoms with van der Waals surface area (Å²) < 4.78 is 0. The Morgan fingerprint density at radius 2 is 1.87 bits per heavy atom. The molecule has 0 bridgehead atoms. The highest BCUT2D eigenvalue weighted by Crippen LogP contribution is 2.05. The molecule has 1 aromatic carbocycles. The van der Waals surface area contributed by atoms with Gasteiger partial charge >= 0.3 is 0 Å². The standard InChI is InChI=1S/C11H12N2O2/c1-8(11(12)15)7-10(14)13-9-5-3-2-4-6-9/h2-7H,1H3,(H2,12,15)(H,13,14)/b8-7-. The fourth-order valence-corrected chi connectivity index (χ4v) is 0.968. The van der Waals surface area contributed by atoms with Gasteiger partial charge in [0.1, 0.15) is 0 Å². The molecule has 0 unspecified atom stereocenters. The van der Waals surface area contributed by atoms with Gasteiger partial charge in [-0.3, -0.25) is 9.59 Å². The Morgan fingerprint density at radius 3 is 2.40 bits per heavy atom. The van der Waals surface area contributed by atoms with Crippen molar-refractivity contribution in [2.45, 2.75) is 6.92 Å². The lowest BCUT2D eigenvalue weighted by Crippen LogP contribution is -2.15. The van der Waals surface area contributed by atoms with E-state index in [9.17, 15) is 9.59 Å². The number of carbonyl (C=O) groups excluding carboxylic acids is 2. The van der Waals surface area contributed by atoms with Crippen LogP contribution in [0.2, 0.25) is 0 Å². The molecule has 0 aromatic heterocycles. The average molecular weight is 204 g/mol. The van der Waals surface area contributed by atoms with Crippen molar-refractivity contribution in [1.29, 1.82) is 0 Å². The Bertz CT molecular complexity index is 396. The van der Waals surface area contributed by atoms with Crippen LogP contribution in [0.4, 0.5) is 5.69 Å². The molecule has 0 radical (unpaired) electrons. The Labute approximate surface area is 87.8 Å². The van der Waals surface area contributed by atoms with Crippen LogP contribution in [0.25, 0.3) is 0 Å². The van der Waals surface area contributed by atoms with Crippen molar-refractivity contribution in [3.63, 3.8) is 0 Å². The minimum absolute atomic E-state index is 0.225. The third-order valence-corrected chi connectivity index (χ3v) is 1.78. The lowest BCUT2D eigenvalue weighted by Gasteiger charge is -2.01. The Hall–Kier alpha value is -2.10. The van der Waals surface area contributed by atoms with Crippen LogP contribution in [0.15, 0.2) is 42.0 Å². The van der Waals surface area contributed by atoms with Crippen LogP contribution in [0.1, 0.15) is 6.92 Å². The van der Waals surface area contributed by atoms with Gasteiger partial charge in [0, 0.05) is 17.3 Å². The lowest BCUT2D eigenvalue weighted by molar-refractivity contribution is -0.115. The van der Waals surface area contributed by atoms with Crippen LogP contribution in [-0.4, -0.2) is 11.8 Å². The summed E-state index contributed by atoms with van der Waals surface area (Å²) in [4.78, 5) is 22.0. The molecular weight excluding hydrogens is 192 g/mol. The molecule has 78 valence electrons. The summed E-state index contributed by atoms with van der Waals surface area (Å²) in [5, 5.41) is 2.60. The zero-order chi connectivity index (χ0) is 11.3. The Kier molecular flexibility index (Phi) is 3.62. The van der Waals surface area contributed by atoms with E-state index in [0.29, 0.717) is 5.69 Å². The quantitative estimate of drug-likeness (QED) is 0.722. The van der Waals surface area contributed by atoms with Crippen molar-refractivity contribution in [3.05, 3.63) is 42.0 Å². The van der Waals surface area contributed by atoms with E-state index in [-0.39, 0.29) is 11.5 Å². The molecular formula is C11H12N2O2. The van der Waals surface area contributed by atoms with Gasteiger partial charge in [-0.05, 0) is 19.1 Å². The second-order valence-corrected chi connectivity index (χ2v) is 3.05. The van der Waals surface area contributed by atoms with E-state index in [2.05, 4.69) is 5.32 Å². The van der Waals surface area contributed by atoms with Crippen LogP contribution < -0.4 is 11.1 Å². The summed E-state index contributed by atoms with van der Waals surface area (Å²) in [7, 11) is 0. The third kappa shape index (κ3) is 3.64. The van der Waals surface area contributed by atoms with Crippen molar-refractivity contribution >= 4 is 17.5 Å². The molecule has 4 heteroatoms. The molecule has 4 nitrogen and oxygen atoms in total. The summed E-state index contributed by atoms with van der Waals surface area (Å²) in [6.45, 7) is 1.49. The summed E-state index contributed by atoms with van der Waals surface area (Å²) in [5.74, 6) is -0.962. The number of rotatable bonds is 3. The Morgan fingerprint density at radius 1 is 1.27 bits per heavy atom. The Balaban J connectivity index is 2.65. The van der Waals surface area contributed by atoms with E-state index in [1.54, 1.807) is 24.3 Å². The van der Waals surface area contributed by atoms with E-state index >= 15 is 0 Å². The van der Waals surface area contributed by atoms with Gasteiger partial charge in [0.05, 0.1) is 0 Å². The van der Waals surface area contributed by atoms with E-state index in [0.717, 1.165) is 0 Å². The second-order valence-electron chi connectivity index (χ2n) is 3.05. The number of carbonyl (C=O) groups is 2. The number of amides is 2. The normalized spacial score (nSPS) is 10.9. The molecule has 0 spiro atoms. The fraction of sp³-hybridized carbons (Fsp3) is 0.0909. The van der Waals surface area contributed by atoms with Crippen molar-refractivity contribution < 1.29 is 9.59 Å². The highest BCUT2D eigenvalue weighted by molar-refractivity contribution is 6.05. The number of nitrogens with one attached hydrogen (secondary N) is 1. The van der Waals surface area contributed by atoms with Gasteiger partial charge < -0.3 is 11.1 Å². The lowest BCUT2D eigenvalue weighted by atomic mass is 10.2. The largest absolute Gasteiger partial charge is 0.366 e. The molecule has 0 fully saturated rings. The molecule has 0 heterocycles. The van der Waals surface area contributed by atoms with Gasteiger partial charge in [0.15, 0.2) is 0 Å². The second kappa shape index (κ2) is 4.95. The molecule has 15 heavy (non-hydrogen) atoms. The predicted molar refractivity (Wildman–Crippen MR) is 58.0 cm³/mol. The number of nitrogens with two attached hydrogens (primary N) is 1. The smallest absolute Gasteiger partial charge is 0.248 e. The molecule has 0 aliphatic carbocycles. The van der Waals surface area contributed by atoms with Gasteiger partial charge in [-0.15, -0.1) is 0 Å². The van der Waals surface area contributed by atoms with E-state index in [1.807, 2.05) is 6.07 Å². The number of anilines is 1. The average Bonchev–Trinajstić information content (AvgIpc) is 2.18. The maximum absolute atomic E-state index is 11.3. The number of hydrogen-bond donors (Lipinski definition) is 2. The first-order chi connectivity index (χ1) is 7.09. The highest BCUT2D eigenvalue weighted by Gasteiger charge is 2.02. The first-order valence-corrected chi connectivity index (χ1v) is 4.43. The van der Waals surface area contributed by atoms with Crippen molar-refractivity contribution in [1.82, 2.24) is 0 Å². The van der Waals surface area contributed by atoms with Gasteiger partial charge in [0.25, 0.3) is 0 Å². The zero-order valence-corrected chi connectivity index (χ0v) is 8.36. The predicted octanol–water partition coefficient (Wildman–Crippen LogP) is 1.06. The monoisotopic (exact) mass is 204 g/mol. The molecule has 0 atom stereocenters. The van der Waals surface area contributed by atoms with Crippen LogP contribution in [-0.2, 0) is 9.59 Å². The van der Waals surface area contributed by atoms with Crippen molar-refractivity contribution in [2.75, 3.05) is 5.32 Å². The number of para-hydroxylation sites is 1. The first kappa shape index (κ1) is 11.0. The molecule has 0 aliphatic heterocycles.